The summed E-state index contributed by atoms with van der Waals surface area (Å²) >= 11 is 0. The molecule has 0 bridgehead atoms. The summed E-state index contributed by atoms with van der Waals surface area (Å²) in [6.07, 6.45) is -0.895. The Bertz CT molecular complexity index is 334. The Morgan fingerprint density at radius 1 is 1.25 bits per heavy atom. The Hall–Kier alpha value is -0.490. The molecule has 0 radical (unpaired) electrons. The lowest BCUT2D eigenvalue weighted by Gasteiger charge is -2.30. The first-order valence-electron chi connectivity index (χ1n) is 6.98. The number of nitrogens with two attached hydrogens (primary N) is 1. The van der Waals surface area contributed by atoms with Gasteiger partial charge in [0.05, 0.1) is 5.92 Å². The number of rotatable bonds is 4. The summed E-state index contributed by atoms with van der Waals surface area (Å²) in [5.74, 6) is -1.61. The van der Waals surface area contributed by atoms with Crippen LogP contribution in [0.5, 0.6) is 0 Å². The molecule has 0 saturated heterocycles. The summed E-state index contributed by atoms with van der Waals surface area (Å²) in [5.41, 5.74) is 5.86. The molecule has 20 heavy (non-hydrogen) atoms. The molecule has 2 aliphatic carbocycles. The molecule has 0 aliphatic heterocycles. The van der Waals surface area contributed by atoms with Crippen LogP contribution in [0.2, 0.25) is 0 Å². The van der Waals surface area contributed by atoms with Crippen LogP contribution in [0, 0.1) is 17.8 Å². The van der Waals surface area contributed by atoms with Crippen molar-refractivity contribution in [1.29, 1.82) is 0 Å². The molecule has 118 valence electrons. The molecule has 7 heteroatoms. The molecule has 3 unspecified atom stereocenters. The summed E-state index contributed by atoms with van der Waals surface area (Å²) in [6, 6.07) is -0.0500. The number of hydrogen-bond acceptors (Lipinski definition) is 2. The van der Waals surface area contributed by atoms with Gasteiger partial charge in [-0.1, -0.05) is 6.42 Å². The molecule has 0 heterocycles. The molecular formula is C13H22ClF3N2O. The van der Waals surface area contributed by atoms with E-state index in [4.69, 9.17) is 5.73 Å². The van der Waals surface area contributed by atoms with E-state index >= 15 is 0 Å². The summed E-state index contributed by atoms with van der Waals surface area (Å²) in [7, 11) is 0. The minimum absolute atomic E-state index is 0. The third-order valence-corrected chi connectivity index (χ3v) is 4.25. The maximum atomic E-state index is 12.7. The van der Waals surface area contributed by atoms with Gasteiger partial charge < -0.3 is 11.1 Å². The van der Waals surface area contributed by atoms with Crippen LogP contribution in [0.15, 0.2) is 0 Å². The van der Waals surface area contributed by atoms with Crippen molar-refractivity contribution in [3.05, 3.63) is 0 Å². The number of alkyl halides is 3. The number of carbonyl (C=O) groups excluding carboxylic acids is 1. The Labute approximate surface area is 123 Å². The van der Waals surface area contributed by atoms with Crippen molar-refractivity contribution >= 4 is 18.3 Å². The second kappa shape index (κ2) is 6.98. The predicted molar refractivity (Wildman–Crippen MR) is 72.5 cm³/mol. The monoisotopic (exact) mass is 314 g/mol. The van der Waals surface area contributed by atoms with Crippen molar-refractivity contribution in [2.24, 2.45) is 23.5 Å². The standard InChI is InChI=1S/C13H21F3N2O.ClH/c14-13(15,16)10-3-1-2-9(6-10)12(19)18-7-11(17)8-4-5-8;/h8-11H,1-7,17H2,(H,18,19);1H. The molecule has 2 aliphatic rings. The number of carbonyl (C=O) groups is 1. The lowest BCUT2D eigenvalue weighted by Crippen LogP contribution is -2.43. The summed E-state index contributed by atoms with van der Waals surface area (Å²) in [4.78, 5) is 11.9. The zero-order valence-corrected chi connectivity index (χ0v) is 12.1. The Kier molecular flexibility index (Phi) is 6.13. The van der Waals surface area contributed by atoms with E-state index in [9.17, 15) is 18.0 Å². The minimum atomic E-state index is -4.18. The fraction of sp³-hybridized carbons (Fsp3) is 0.923. The highest BCUT2D eigenvalue weighted by atomic mass is 35.5. The number of hydrogen-bond donors (Lipinski definition) is 2. The molecule has 2 saturated carbocycles. The maximum absolute atomic E-state index is 12.7. The highest BCUT2D eigenvalue weighted by Crippen LogP contribution is 2.40. The average molecular weight is 315 g/mol. The van der Waals surface area contributed by atoms with Crippen LogP contribution < -0.4 is 11.1 Å². The van der Waals surface area contributed by atoms with Crippen LogP contribution in [0.3, 0.4) is 0 Å². The zero-order chi connectivity index (χ0) is 14.0. The molecule has 2 rings (SSSR count). The van der Waals surface area contributed by atoms with Crippen LogP contribution in [-0.4, -0.2) is 24.7 Å². The number of nitrogens with one attached hydrogen (secondary N) is 1. The topological polar surface area (TPSA) is 55.1 Å². The minimum Gasteiger partial charge on any atom is -0.354 e. The summed E-state index contributed by atoms with van der Waals surface area (Å²) in [5, 5.41) is 2.71. The van der Waals surface area contributed by atoms with Crippen LogP contribution in [0.25, 0.3) is 0 Å². The molecule has 3 N–H and O–H groups in total. The largest absolute Gasteiger partial charge is 0.391 e. The van der Waals surface area contributed by atoms with Gasteiger partial charge in [-0.15, -0.1) is 12.4 Å². The number of amides is 1. The molecular weight excluding hydrogens is 293 g/mol. The first-order chi connectivity index (χ1) is 8.88. The Morgan fingerprint density at radius 2 is 1.90 bits per heavy atom. The molecule has 2 fully saturated rings. The van der Waals surface area contributed by atoms with Gasteiger partial charge in [-0.3, -0.25) is 4.79 Å². The van der Waals surface area contributed by atoms with Gasteiger partial charge in [0.25, 0.3) is 0 Å². The quantitative estimate of drug-likeness (QED) is 0.838. The SMILES string of the molecule is Cl.NC(CNC(=O)C1CCCC(C(F)(F)F)C1)C1CC1. The molecule has 0 aromatic heterocycles. The van der Waals surface area contributed by atoms with Gasteiger partial charge in [0.2, 0.25) is 5.91 Å². The highest BCUT2D eigenvalue weighted by molar-refractivity contribution is 5.85. The summed E-state index contributed by atoms with van der Waals surface area (Å²) in [6.45, 7) is 0.386. The first-order valence-corrected chi connectivity index (χ1v) is 6.98. The van der Waals surface area contributed by atoms with Crippen molar-refractivity contribution in [3.63, 3.8) is 0 Å². The Balaban J connectivity index is 0.00000200. The normalized spacial score (nSPS) is 28.4. The molecule has 3 atom stereocenters. The van der Waals surface area contributed by atoms with Crippen LogP contribution in [0.4, 0.5) is 13.2 Å². The Morgan fingerprint density at radius 3 is 2.45 bits per heavy atom. The third kappa shape index (κ3) is 4.81. The van der Waals surface area contributed by atoms with E-state index in [2.05, 4.69) is 5.32 Å². The van der Waals surface area contributed by atoms with E-state index < -0.39 is 18.0 Å². The van der Waals surface area contributed by atoms with E-state index in [-0.39, 0.29) is 37.2 Å². The highest BCUT2D eigenvalue weighted by Gasteiger charge is 2.43. The maximum Gasteiger partial charge on any atom is 0.391 e. The first kappa shape index (κ1) is 17.6. The van der Waals surface area contributed by atoms with E-state index in [0.717, 1.165) is 12.8 Å². The van der Waals surface area contributed by atoms with Crippen molar-refractivity contribution in [2.75, 3.05) is 6.54 Å². The third-order valence-electron chi connectivity index (χ3n) is 4.25. The lowest BCUT2D eigenvalue weighted by atomic mass is 9.80. The summed E-state index contributed by atoms with van der Waals surface area (Å²) < 4.78 is 38.0. The van der Waals surface area contributed by atoms with Crippen molar-refractivity contribution in [3.8, 4) is 0 Å². The molecule has 3 nitrogen and oxygen atoms in total. The van der Waals surface area contributed by atoms with Crippen molar-refractivity contribution < 1.29 is 18.0 Å². The van der Waals surface area contributed by atoms with Crippen LogP contribution in [0.1, 0.15) is 38.5 Å². The molecule has 0 aromatic carbocycles. The van der Waals surface area contributed by atoms with Gasteiger partial charge in [-0.25, -0.2) is 0 Å². The number of halogens is 4. The second-order valence-corrected chi connectivity index (χ2v) is 5.85. The fourth-order valence-corrected chi connectivity index (χ4v) is 2.78. The van der Waals surface area contributed by atoms with Gasteiger partial charge in [-0.05, 0) is 38.0 Å². The van der Waals surface area contributed by atoms with Gasteiger partial charge in [0, 0.05) is 18.5 Å². The van der Waals surface area contributed by atoms with Crippen LogP contribution >= 0.6 is 12.4 Å². The lowest BCUT2D eigenvalue weighted by molar-refractivity contribution is -0.186. The average Bonchev–Trinajstić information content (AvgIpc) is 3.19. The van der Waals surface area contributed by atoms with Crippen molar-refractivity contribution in [2.45, 2.75) is 50.7 Å². The second-order valence-electron chi connectivity index (χ2n) is 5.85. The molecule has 0 aromatic rings. The predicted octanol–water partition coefficient (Wildman–Crippen LogP) is 2.63. The molecule has 0 spiro atoms. The van der Waals surface area contributed by atoms with Crippen LogP contribution in [-0.2, 0) is 4.79 Å². The van der Waals surface area contributed by atoms with E-state index in [1.807, 2.05) is 0 Å². The van der Waals surface area contributed by atoms with Gasteiger partial charge in [-0.2, -0.15) is 13.2 Å². The van der Waals surface area contributed by atoms with E-state index in [1.54, 1.807) is 0 Å². The molecule has 1 amide bonds. The van der Waals surface area contributed by atoms with Gasteiger partial charge in [0.1, 0.15) is 0 Å². The smallest absolute Gasteiger partial charge is 0.354 e. The van der Waals surface area contributed by atoms with E-state index in [0.29, 0.717) is 25.3 Å². The van der Waals surface area contributed by atoms with Gasteiger partial charge >= 0.3 is 6.18 Å². The fourth-order valence-electron chi connectivity index (χ4n) is 2.78. The van der Waals surface area contributed by atoms with E-state index in [1.165, 1.54) is 0 Å². The van der Waals surface area contributed by atoms with Gasteiger partial charge in [0.15, 0.2) is 0 Å². The van der Waals surface area contributed by atoms with Crippen molar-refractivity contribution in [1.82, 2.24) is 5.32 Å². The zero-order valence-electron chi connectivity index (χ0n) is 11.3.